The Balaban J connectivity index is 1.77. The second-order valence-electron chi connectivity index (χ2n) is 8.30. The molecule has 5 nitrogen and oxygen atoms in total. The molecular formula is C26H33NO4. The van der Waals surface area contributed by atoms with E-state index in [0.29, 0.717) is 13.2 Å². The van der Waals surface area contributed by atoms with E-state index >= 15 is 0 Å². The summed E-state index contributed by atoms with van der Waals surface area (Å²) in [6.07, 6.45) is 5.44. The highest BCUT2D eigenvalue weighted by Gasteiger charge is 2.44. The molecule has 1 saturated heterocycles. The maximum Gasteiger partial charge on any atom is 0.351 e. The zero-order valence-corrected chi connectivity index (χ0v) is 18.4. The van der Waals surface area contributed by atoms with Gasteiger partial charge >= 0.3 is 11.9 Å². The van der Waals surface area contributed by atoms with Crippen LogP contribution in [0, 0.1) is 0 Å². The van der Waals surface area contributed by atoms with E-state index in [9.17, 15) is 9.59 Å². The van der Waals surface area contributed by atoms with Gasteiger partial charge in [-0.05, 0) is 37.1 Å². The lowest BCUT2D eigenvalue weighted by Gasteiger charge is -2.32. The standard InChI is InChI=1S/C26H33NO4/c1-22(28)31-26(20-23-12-6-4-7-13-23,21-24-14-8-5-9-15-24)25(29)30-19-18-27-16-10-2-3-11-17-27/h4-9,12-15H,2-3,10-11,16-21H2,1H3. The van der Waals surface area contributed by atoms with Crippen LogP contribution in [0.5, 0.6) is 0 Å². The summed E-state index contributed by atoms with van der Waals surface area (Å²) in [5.41, 5.74) is 0.446. The minimum atomic E-state index is -1.40. The van der Waals surface area contributed by atoms with Gasteiger partial charge in [-0.25, -0.2) is 4.79 Å². The van der Waals surface area contributed by atoms with Gasteiger partial charge < -0.3 is 9.47 Å². The molecule has 0 unspecified atom stereocenters. The van der Waals surface area contributed by atoms with Crippen LogP contribution in [0.3, 0.4) is 0 Å². The Morgan fingerprint density at radius 3 is 1.84 bits per heavy atom. The number of esters is 2. The number of carbonyl (C=O) groups is 2. The third kappa shape index (κ3) is 7.21. The predicted octanol–water partition coefficient (Wildman–Crippen LogP) is 4.19. The van der Waals surface area contributed by atoms with Crippen LogP contribution in [-0.2, 0) is 31.9 Å². The predicted molar refractivity (Wildman–Crippen MR) is 121 cm³/mol. The highest BCUT2D eigenvalue weighted by molar-refractivity contribution is 5.84. The molecule has 0 bridgehead atoms. The lowest BCUT2D eigenvalue weighted by Crippen LogP contribution is -2.49. The second kappa shape index (κ2) is 11.7. The van der Waals surface area contributed by atoms with Gasteiger partial charge in [-0.15, -0.1) is 0 Å². The maximum atomic E-state index is 13.4. The van der Waals surface area contributed by atoms with Crippen LogP contribution >= 0.6 is 0 Å². The molecular weight excluding hydrogens is 390 g/mol. The molecule has 1 aliphatic rings. The first kappa shape index (κ1) is 23.0. The largest absolute Gasteiger partial charge is 0.461 e. The number of ether oxygens (including phenoxy) is 2. The first-order valence-electron chi connectivity index (χ1n) is 11.2. The zero-order chi connectivity index (χ0) is 21.9. The molecule has 0 aromatic heterocycles. The number of likely N-dealkylation sites (tertiary alicyclic amines) is 1. The number of nitrogens with zero attached hydrogens (tertiary/aromatic N) is 1. The van der Waals surface area contributed by atoms with E-state index in [1.165, 1.54) is 32.6 Å². The van der Waals surface area contributed by atoms with Gasteiger partial charge in [-0.1, -0.05) is 73.5 Å². The van der Waals surface area contributed by atoms with Crippen molar-refractivity contribution in [2.75, 3.05) is 26.2 Å². The average Bonchev–Trinajstić information content (AvgIpc) is 3.03. The Hall–Kier alpha value is -2.66. The fraction of sp³-hybridized carbons (Fsp3) is 0.462. The molecule has 0 aliphatic carbocycles. The van der Waals surface area contributed by atoms with Gasteiger partial charge in [0.1, 0.15) is 6.61 Å². The Morgan fingerprint density at radius 2 is 1.35 bits per heavy atom. The van der Waals surface area contributed by atoms with Crippen molar-refractivity contribution in [1.82, 2.24) is 4.90 Å². The van der Waals surface area contributed by atoms with Crippen molar-refractivity contribution < 1.29 is 19.1 Å². The Bertz CT molecular complexity index is 772. The van der Waals surface area contributed by atoms with E-state index in [1.807, 2.05) is 60.7 Å². The number of benzene rings is 2. The van der Waals surface area contributed by atoms with Crippen molar-refractivity contribution in [1.29, 1.82) is 0 Å². The normalized spacial score (nSPS) is 15.1. The van der Waals surface area contributed by atoms with Crippen LogP contribution in [-0.4, -0.2) is 48.7 Å². The van der Waals surface area contributed by atoms with Crippen molar-refractivity contribution in [2.24, 2.45) is 0 Å². The van der Waals surface area contributed by atoms with Gasteiger partial charge in [-0.2, -0.15) is 0 Å². The summed E-state index contributed by atoms with van der Waals surface area (Å²) < 4.78 is 11.5. The van der Waals surface area contributed by atoms with E-state index in [1.54, 1.807) is 0 Å². The van der Waals surface area contributed by atoms with Crippen LogP contribution in [0.1, 0.15) is 43.7 Å². The van der Waals surface area contributed by atoms with Crippen molar-refractivity contribution in [3.63, 3.8) is 0 Å². The summed E-state index contributed by atoms with van der Waals surface area (Å²) in [6.45, 7) is 4.43. The lowest BCUT2D eigenvalue weighted by atomic mass is 9.87. The Labute approximate surface area is 185 Å². The van der Waals surface area contributed by atoms with Gasteiger partial charge in [0, 0.05) is 26.3 Å². The highest BCUT2D eigenvalue weighted by Crippen LogP contribution is 2.26. The molecule has 166 valence electrons. The van der Waals surface area contributed by atoms with Crippen molar-refractivity contribution in [3.8, 4) is 0 Å². The third-order valence-electron chi connectivity index (χ3n) is 5.72. The summed E-state index contributed by atoms with van der Waals surface area (Å²) in [6, 6.07) is 19.3. The van der Waals surface area contributed by atoms with E-state index in [2.05, 4.69) is 4.90 Å². The quantitative estimate of drug-likeness (QED) is 0.566. The van der Waals surface area contributed by atoms with Crippen LogP contribution in [0.2, 0.25) is 0 Å². The summed E-state index contributed by atoms with van der Waals surface area (Å²) in [5, 5.41) is 0. The second-order valence-corrected chi connectivity index (χ2v) is 8.30. The van der Waals surface area contributed by atoms with Crippen LogP contribution in [0.4, 0.5) is 0 Å². The van der Waals surface area contributed by atoms with Gasteiger partial charge in [0.15, 0.2) is 0 Å². The summed E-state index contributed by atoms with van der Waals surface area (Å²) in [4.78, 5) is 27.8. The van der Waals surface area contributed by atoms with Gasteiger partial charge in [0.25, 0.3) is 0 Å². The number of hydrogen-bond acceptors (Lipinski definition) is 5. The van der Waals surface area contributed by atoms with Gasteiger partial charge in [-0.3, -0.25) is 9.69 Å². The number of rotatable bonds is 9. The molecule has 2 aromatic rings. The minimum absolute atomic E-state index is 0.269. The monoisotopic (exact) mass is 423 g/mol. The molecule has 0 atom stereocenters. The van der Waals surface area contributed by atoms with Gasteiger partial charge in [0.05, 0.1) is 0 Å². The molecule has 0 saturated carbocycles. The molecule has 31 heavy (non-hydrogen) atoms. The van der Waals surface area contributed by atoms with E-state index in [-0.39, 0.29) is 12.8 Å². The topological polar surface area (TPSA) is 55.8 Å². The number of carbonyl (C=O) groups excluding carboxylic acids is 2. The summed E-state index contributed by atoms with van der Waals surface area (Å²) in [5.74, 6) is -0.971. The molecule has 2 aromatic carbocycles. The average molecular weight is 424 g/mol. The number of hydrogen-bond donors (Lipinski definition) is 0. The van der Waals surface area contributed by atoms with E-state index in [0.717, 1.165) is 24.2 Å². The lowest BCUT2D eigenvalue weighted by molar-refractivity contribution is -0.182. The maximum absolute atomic E-state index is 13.4. The van der Waals surface area contributed by atoms with Gasteiger partial charge in [0.2, 0.25) is 5.60 Å². The smallest absolute Gasteiger partial charge is 0.351 e. The van der Waals surface area contributed by atoms with Crippen LogP contribution in [0.25, 0.3) is 0 Å². The van der Waals surface area contributed by atoms with Crippen molar-refractivity contribution in [3.05, 3.63) is 71.8 Å². The molecule has 3 rings (SSSR count). The fourth-order valence-corrected chi connectivity index (χ4v) is 4.21. The first-order chi connectivity index (χ1) is 15.1. The fourth-order valence-electron chi connectivity index (χ4n) is 4.21. The summed E-state index contributed by atoms with van der Waals surface area (Å²) in [7, 11) is 0. The molecule has 1 fully saturated rings. The molecule has 1 heterocycles. The molecule has 0 radical (unpaired) electrons. The molecule has 0 amide bonds. The molecule has 0 spiro atoms. The molecule has 0 N–H and O–H groups in total. The zero-order valence-electron chi connectivity index (χ0n) is 18.4. The van der Waals surface area contributed by atoms with E-state index < -0.39 is 17.5 Å². The molecule has 1 aliphatic heterocycles. The molecule has 5 heteroatoms. The first-order valence-corrected chi connectivity index (χ1v) is 11.2. The SMILES string of the molecule is CC(=O)OC(Cc1ccccc1)(Cc1ccccc1)C(=O)OCCN1CCCCCC1. The summed E-state index contributed by atoms with van der Waals surface area (Å²) >= 11 is 0. The Morgan fingerprint density at radius 1 is 0.839 bits per heavy atom. The van der Waals surface area contributed by atoms with Crippen molar-refractivity contribution in [2.45, 2.75) is 51.0 Å². The van der Waals surface area contributed by atoms with E-state index in [4.69, 9.17) is 9.47 Å². The van der Waals surface area contributed by atoms with Crippen molar-refractivity contribution >= 4 is 11.9 Å². The minimum Gasteiger partial charge on any atom is -0.461 e. The third-order valence-corrected chi connectivity index (χ3v) is 5.72. The van der Waals surface area contributed by atoms with Crippen LogP contribution < -0.4 is 0 Å². The van der Waals surface area contributed by atoms with Crippen LogP contribution in [0.15, 0.2) is 60.7 Å². The Kier molecular flexibility index (Phi) is 8.65. The highest BCUT2D eigenvalue weighted by atomic mass is 16.6.